The van der Waals surface area contributed by atoms with Gasteiger partial charge >= 0.3 is 6.18 Å². The first-order valence-electron chi connectivity index (χ1n) is 11.0. The molecule has 0 bridgehead atoms. The van der Waals surface area contributed by atoms with Crippen LogP contribution in [0, 0.1) is 5.82 Å². The summed E-state index contributed by atoms with van der Waals surface area (Å²) in [5, 5.41) is 16.2. The van der Waals surface area contributed by atoms with E-state index in [0.29, 0.717) is 23.0 Å². The maximum Gasteiger partial charge on any atom is 0.417 e. The van der Waals surface area contributed by atoms with Crippen LogP contribution < -0.4 is 5.32 Å². The van der Waals surface area contributed by atoms with E-state index in [4.69, 9.17) is 0 Å². The Hall–Kier alpha value is -4.51. The van der Waals surface area contributed by atoms with Gasteiger partial charge in [-0.1, -0.05) is 30.3 Å². The average molecular weight is 509 g/mol. The summed E-state index contributed by atoms with van der Waals surface area (Å²) in [4.78, 5) is 17.4. The molecule has 0 saturated carbocycles. The van der Waals surface area contributed by atoms with E-state index >= 15 is 0 Å². The van der Waals surface area contributed by atoms with Gasteiger partial charge in [-0.25, -0.2) is 9.37 Å². The molecule has 37 heavy (non-hydrogen) atoms. The van der Waals surface area contributed by atoms with Crippen molar-refractivity contribution < 1.29 is 27.5 Å². The van der Waals surface area contributed by atoms with Gasteiger partial charge < -0.3 is 10.4 Å². The molecule has 5 rings (SSSR count). The van der Waals surface area contributed by atoms with Gasteiger partial charge in [0.15, 0.2) is 0 Å². The van der Waals surface area contributed by atoms with Crippen molar-refractivity contribution >= 4 is 17.1 Å². The van der Waals surface area contributed by atoms with Gasteiger partial charge in [0.2, 0.25) is 0 Å². The summed E-state index contributed by atoms with van der Waals surface area (Å²) in [6.45, 7) is -0.368. The molecule has 0 aliphatic rings. The van der Waals surface area contributed by atoms with E-state index < -0.39 is 34.6 Å². The molecule has 0 radical (unpaired) electrons. The highest BCUT2D eigenvalue weighted by Gasteiger charge is 2.36. The summed E-state index contributed by atoms with van der Waals surface area (Å²) in [6, 6.07) is 13.3. The normalized spacial score (nSPS) is 11.7. The zero-order valence-electron chi connectivity index (χ0n) is 19.3. The first-order chi connectivity index (χ1) is 17.7. The van der Waals surface area contributed by atoms with Crippen molar-refractivity contribution in [3.05, 3.63) is 96.0 Å². The number of aromatic nitrogens is 4. The highest BCUT2D eigenvalue weighted by Crippen LogP contribution is 2.38. The quantitative estimate of drug-likeness (QED) is 0.315. The van der Waals surface area contributed by atoms with Crippen LogP contribution in [-0.2, 0) is 19.8 Å². The van der Waals surface area contributed by atoms with Crippen molar-refractivity contribution in [3.63, 3.8) is 0 Å². The Bertz CT molecular complexity index is 1620. The fourth-order valence-electron chi connectivity index (χ4n) is 4.11. The van der Waals surface area contributed by atoms with Gasteiger partial charge in [-0.3, -0.25) is 13.9 Å². The van der Waals surface area contributed by atoms with Gasteiger partial charge in [-0.2, -0.15) is 18.3 Å². The highest BCUT2D eigenvalue weighted by atomic mass is 19.4. The molecule has 0 aliphatic heterocycles. The number of aliphatic hydroxyl groups is 1. The largest absolute Gasteiger partial charge is 0.417 e. The molecular weight excluding hydrogens is 490 g/mol. The molecule has 0 spiro atoms. The van der Waals surface area contributed by atoms with Crippen LogP contribution in [-0.4, -0.2) is 30.2 Å². The third-order valence-electron chi connectivity index (χ3n) is 5.86. The van der Waals surface area contributed by atoms with E-state index in [-0.39, 0.29) is 18.0 Å². The molecule has 188 valence electrons. The molecule has 5 aromatic rings. The lowest BCUT2D eigenvalue weighted by Crippen LogP contribution is -2.17. The van der Waals surface area contributed by atoms with Crippen LogP contribution in [0.3, 0.4) is 0 Å². The first-order valence-corrected chi connectivity index (χ1v) is 11.0. The van der Waals surface area contributed by atoms with Crippen molar-refractivity contribution in [1.82, 2.24) is 19.2 Å². The fraction of sp³-hybridized carbons (Fsp3) is 0.115. The number of fused-ring (bicyclic) bond motifs is 1. The predicted molar refractivity (Wildman–Crippen MR) is 128 cm³/mol. The number of benzene rings is 2. The van der Waals surface area contributed by atoms with E-state index in [2.05, 4.69) is 15.4 Å². The number of nitrogens with zero attached hydrogens (tertiary/aromatic N) is 4. The van der Waals surface area contributed by atoms with Crippen LogP contribution in [0.1, 0.15) is 21.7 Å². The summed E-state index contributed by atoms with van der Waals surface area (Å²) in [7, 11) is 1.53. The molecule has 11 heteroatoms. The Kier molecular flexibility index (Phi) is 6.00. The molecule has 7 nitrogen and oxygen atoms in total. The first kappa shape index (κ1) is 24.2. The van der Waals surface area contributed by atoms with Gasteiger partial charge in [0.1, 0.15) is 18.2 Å². The molecule has 3 aromatic heterocycles. The summed E-state index contributed by atoms with van der Waals surface area (Å²) in [6.07, 6.45) is -0.339. The minimum absolute atomic E-state index is 0.0544. The Morgan fingerprint density at radius 2 is 1.84 bits per heavy atom. The van der Waals surface area contributed by atoms with Crippen LogP contribution >= 0.6 is 0 Å². The van der Waals surface area contributed by atoms with Gasteiger partial charge in [-0.05, 0) is 29.8 Å². The number of halogens is 4. The molecule has 0 aliphatic carbocycles. The van der Waals surface area contributed by atoms with Gasteiger partial charge in [-0.15, -0.1) is 0 Å². The van der Waals surface area contributed by atoms with Crippen LogP contribution in [0.25, 0.3) is 27.9 Å². The molecule has 0 fully saturated rings. The van der Waals surface area contributed by atoms with Crippen LogP contribution in [0.15, 0.2) is 73.2 Å². The number of nitrogens with one attached hydrogen (secondary N) is 1. The van der Waals surface area contributed by atoms with E-state index in [0.717, 1.165) is 11.6 Å². The predicted octanol–water partition coefficient (Wildman–Crippen LogP) is 5.30. The minimum Gasteiger partial charge on any atom is -0.388 e. The van der Waals surface area contributed by atoms with Crippen LogP contribution in [0.5, 0.6) is 0 Å². The van der Waals surface area contributed by atoms with E-state index in [1.807, 2.05) is 18.2 Å². The molecule has 0 atom stereocenters. The van der Waals surface area contributed by atoms with Gasteiger partial charge in [0.25, 0.3) is 5.91 Å². The zero-order valence-corrected chi connectivity index (χ0v) is 19.3. The smallest absolute Gasteiger partial charge is 0.388 e. The molecule has 0 saturated heterocycles. The van der Waals surface area contributed by atoms with Crippen molar-refractivity contribution in [3.8, 4) is 22.4 Å². The third-order valence-corrected chi connectivity index (χ3v) is 5.86. The van der Waals surface area contributed by atoms with Gasteiger partial charge in [0.05, 0.1) is 34.2 Å². The van der Waals surface area contributed by atoms with Crippen molar-refractivity contribution in [2.75, 3.05) is 5.32 Å². The van der Waals surface area contributed by atoms with Crippen molar-refractivity contribution in [2.24, 2.45) is 7.05 Å². The number of imidazole rings is 1. The van der Waals surface area contributed by atoms with E-state index in [1.165, 1.54) is 30.2 Å². The molecular formula is C26H19F4N5O2. The second-order valence-electron chi connectivity index (χ2n) is 8.30. The minimum atomic E-state index is -4.86. The van der Waals surface area contributed by atoms with Crippen LogP contribution in [0.2, 0.25) is 0 Å². The second kappa shape index (κ2) is 9.17. The summed E-state index contributed by atoms with van der Waals surface area (Å²) >= 11 is 0. The van der Waals surface area contributed by atoms with Crippen molar-refractivity contribution in [1.29, 1.82) is 0 Å². The lowest BCUT2D eigenvalue weighted by Gasteiger charge is -2.16. The maximum absolute atomic E-state index is 14.9. The number of rotatable bonds is 5. The SMILES string of the molecule is Cn1ccc(-c2cc(C(=O)Nc3cn4c(CO)ncc4cc3-c3ccccc3)c(F)cc2C(F)(F)F)n1. The summed E-state index contributed by atoms with van der Waals surface area (Å²) in [5.74, 6) is -1.97. The molecule has 2 N–H and O–H groups in total. The number of hydrogen-bond acceptors (Lipinski definition) is 4. The number of anilines is 1. The summed E-state index contributed by atoms with van der Waals surface area (Å²) in [5.41, 5.74) is -0.110. The van der Waals surface area contributed by atoms with E-state index in [1.54, 1.807) is 28.8 Å². The Balaban J connectivity index is 1.62. The summed E-state index contributed by atoms with van der Waals surface area (Å²) < 4.78 is 58.9. The fourth-order valence-corrected chi connectivity index (χ4v) is 4.11. The number of amides is 1. The number of carbonyl (C=O) groups is 1. The zero-order chi connectivity index (χ0) is 26.3. The number of aryl methyl sites for hydroxylation is 1. The Morgan fingerprint density at radius 3 is 2.49 bits per heavy atom. The number of alkyl halides is 3. The Labute approximate surface area is 207 Å². The standard InChI is InChI=1S/C26H19F4N5O2/c1-34-8-7-22(33-34)18-10-19(21(27)11-20(18)26(28,29)30)25(37)32-23-13-35-16(12-31-24(35)14-36)9-17(23)15-5-3-2-4-6-15/h2-13,36H,14H2,1H3,(H,32,37). The topological polar surface area (TPSA) is 84.5 Å². The number of pyridine rings is 1. The van der Waals surface area contributed by atoms with Gasteiger partial charge in [0, 0.05) is 30.6 Å². The maximum atomic E-state index is 14.9. The third kappa shape index (κ3) is 4.56. The lowest BCUT2D eigenvalue weighted by molar-refractivity contribution is -0.137. The molecule has 3 heterocycles. The monoisotopic (exact) mass is 509 g/mol. The molecule has 0 unspecified atom stereocenters. The second-order valence-corrected chi connectivity index (χ2v) is 8.30. The lowest BCUT2D eigenvalue weighted by atomic mass is 9.99. The van der Waals surface area contributed by atoms with Crippen molar-refractivity contribution in [2.45, 2.75) is 12.8 Å². The van der Waals surface area contributed by atoms with E-state index in [9.17, 15) is 27.5 Å². The highest BCUT2D eigenvalue weighted by molar-refractivity contribution is 6.07. The van der Waals surface area contributed by atoms with Crippen LogP contribution in [0.4, 0.5) is 23.2 Å². The Morgan fingerprint density at radius 1 is 1.08 bits per heavy atom. The number of hydrogen-bond donors (Lipinski definition) is 2. The molecule has 1 amide bonds. The average Bonchev–Trinajstić information content (AvgIpc) is 3.48. The number of aliphatic hydroxyl groups excluding tert-OH is 1. The number of carbonyl (C=O) groups excluding carboxylic acids is 1. The molecule has 2 aromatic carbocycles.